The van der Waals surface area contributed by atoms with Gasteiger partial charge in [0, 0.05) is 12.2 Å². The molecule has 122 valence electrons. The molecule has 0 aliphatic carbocycles. The van der Waals surface area contributed by atoms with E-state index in [4.69, 9.17) is 4.74 Å². The van der Waals surface area contributed by atoms with Gasteiger partial charge in [-0.05, 0) is 31.5 Å². The summed E-state index contributed by atoms with van der Waals surface area (Å²) in [5.74, 6) is -0.973. The molecule has 1 aromatic rings. The number of urea groups is 1. The molecule has 0 radical (unpaired) electrons. The fourth-order valence-corrected chi connectivity index (χ4v) is 2.54. The third-order valence-electron chi connectivity index (χ3n) is 3.59. The van der Waals surface area contributed by atoms with E-state index in [1.807, 2.05) is 0 Å². The fraction of sp³-hybridized carbons (Fsp3) is 0.294. The van der Waals surface area contributed by atoms with Gasteiger partial charge in [-0.2, -0.15) is 0 Å². The van der Waals surface area contributed by atoms with Crippen LogP contribution in [0.4, 0.5) is 9.18 Å². The van der Waals surface area contributed by atoms with Crippen LogP contribution in [0.15, 0.2) is 48.2 Å². The summed E-state index contributed by atoms with van der Waals surface area (Å²) >= 11 is 0. The third-order valence-corrected chi connectivity index (χ3v) is 3.59. The molecule has 0 fully saturated rings. The van der Waals surface area contributed by atoms with Crippen molar-refractivity contribution in [2.24, 2.45) is 0 Å². The van der Waals surface area contributed by atoms with E-state index in [1.165, 1.54) is 23.1 Å². The number of esters is 1. The maximum Gasteiger partial charge on any atom is 0.338 e. The number of hydrogen-bond acceptors (Lipinski definition) is 3. The van der Waals surface area contributed by atoms with Crippen LogP contribution in [0.2, 0.25) is 0 Å². The van der Waals surface area contributed by atoms with Gasteiger partial charge >= 0.3 is 12.0 Å². The molecule has 2 amide bonds. The minimum absolute atomic E-state index is 0.209. The zero-order valence-corrected chi connectivity index (χ0v) is 13.1. The van der Waals surface area contributed by atoms with Crippen LogP contribution in [0.25, 0.3) is 0 Å². The number of halogens is 1. The Morgan fingerprint density at radius 2 is 2.26 bits per heavy atom. The van der Waals surface area contributed by atoms with Crippen LogP contribution < -0.4 is 5.32 Å². The number of nitrogens with one attached hydrogen (secondary N) is 1. The Kier molecular flexibility index (Phi) is 5.16. The Bertz CT molecular complexity index is 670. The predicted octanol–water partition coefficient (Wildman–Crippen LogP) is 2.92. The van der Waals surface area contributed by atoms with Crippen molar-refractivity contribution in [1.82, 2.24) is 10.2 Å². The fourth-order valence-electron chi connectivity index (χ4n) is 2.54. The Labute approximate surface area is 134 Å². The van der Waals surface area contributed by atoms with E-state index in [0.29, 0.717) is 16.8 Å². The Balaban J connectivity index is 2.53. The summed E-state index contributed by atoms with van der Waals surface area (Å²) in [7, 11) is 0. The second-order valence-corrected chi connectivity index (χ2v) is 5.06. The van der Waals surface area contributed by atoms with E-state index in [9.17, 15) is 14.0 Å². The number of carbonyl (C=O) groups excluding carboxylic acids is 2. The van der Waals surface area contributed by atoms with Crippen molar-refractivity contribution in [1.29, 1.82) is 0 Å². The van der Waals surface area contributed by atoms with E-state index in [0.717, 1.165) is 0 Å². The Morgan fingerprint density at radius 1 is 1.52 bits per heavy atom. The second-order valence-electron chi connectivity index (χ2n) is 5.06. The number of amides is 2. The van der Waals surface area contributed by atoms with E-state index in [-0.39, 0.29) is 19.2 Å². The zero-order valence-electron chi connectivity index (χ0n) is 13.1. The molecule has 6 heteroatoms. The molecule has 0 unspecified atom stereocenters. The predicted molar refractivity (Wildman–Crippen MR) is 83.9 cm³/mol. The molecule has 0 aromatic heterocycles. The highest BCUT2D eigenvalue weighted by Gasteiger charge is 2.36. The summed E-state index contributed by atoms with van der Waals surface area (Å²) in [6, 6.07) is 4.66. The van der Waals surface area contributed by atoms with Gasteiger partial charge in [0.1, 0.15) is 5.82 Å². The van der Waals surface area contributed by atoms with Gasteiger partial charge < -0.3 is 10.1 Å². The molecule has 2 rings (SSSR count). The van der Waals surface area contributed by atoms with Crippen molar-refractivity contribution in [3.63, 3.8) is 0 Å². The van der Waals surface area contributed by atoms with Gasteiger partial charge in [-0.25, -0.2) is 14.0 Å². The quantitative estimate of drug-likeness (QED) is 0.671. The van der Waals surface area contributed by atoms with Crippen molar-refractivity contribution < 1.29 is 18.7 Å². The Hall–Kier alpha value is -2.63. The lowest BCUT2D eigenvalue weighted by molar-refractivity contribution is -0.139. The van der Waals surface area contributed by atoms with Crippen molar-refractivity contribution in [2.75, 3.05) is 13.2 Å². The highest BCUT2D eigenvalue weighted by Crippen LogP contribution is 2.31. The Morgan fingerprint density at radius 3 is 2.87 bits per heavy atom. The highest BCUT2D eigenvalue weighted by molar-refractivity contribution is 5.95. The van der Waals surface area contributed by atoms with Crippen LogP contribution >= 0.6 is 0 Å². The van der Waals surface area contributed by atoms with Crippen molar-refractivity contribution in [3.05, 3.63) is 59.6 Å². The maximum atomic E-state index is 13.5. The van der Waals surface area contributed by atoms with Crippen LogP contribution in [-0.2, 0) is 9.53 Å². The van der Waals surface area contributed by atoms with Gasteiger partial charge in [-0.15, -0.1) is 6.58 Å². The largest absolute Gasteiger partial charge is 0.463 e. The van der Waals surface area contributed by atoms with Crippen LogP contribution in [0.5, 0.6) is 0 Å². The first-order valence-corrected chi connectivity index (χ1v) is 7.31. The third kappa shape index (κ3) is 3.41. The number of nitrogens with zero attached hydrogens (tertiary/aromatic N) is 1. The van der Waals surface area contributed by atoms with Crippen LogP contribution in [0.1, 0.15) is 25.5 Å². The molecule has 1 heterocycles. The lowest BCUT2D eigenvalue weighted by Gasteiger charge is -2.34. The molecule has 0 saturated heterocycles. The standard InChI is InChI=1S/C17H19FN2O3/c1-4-9-20-11(3)14(16(21)23-5-2)15(19-17(20)22)12-7-6-8-13(18)10-12/h4,6-8,10,15H,1,5,9H2,2-3H3,(H,19,22)/t15-/m0/s1. The maximum absolute atomic E-state index is 13.5. The molecule has 0 saturated carbocycles. The van der Waals surface area contributed by atoms with Crippen molar-refractivity contribution in [2.45, 2.75) is 19.9 Å². The van der Waals surface area contributed by atoms with Gasteiger partial charge in [-0.1, -0.05) is 18.2 Å². The van der Waals surface area contributed by atoms with Gasteiger partial charge in [0.25, 0.3) is 0 Å². The highest BCUT2D eigenvalue weighted by atomic mass is 19.1. The number of allylic oxidation sites excluding steroid dienone is 1. The molecule has 1 N–H and O–H groups in total. The topological polar surface area (TPSA) is 58.6 Å². The first kappa shape index (κ1) is 16.7. The summed E-state index contributed by atoms with van der Waals surface area (Å²) in [4.78, 5) is 26.0. The zero-order chi connectivity index (χ0) is 17.0. The number of rotatable bonds is 5. The summed E-state index contributed by atoms with van der Waals surface area (Å²) < 4.78 is 18.6. The van der Waals surface area contributed by atoms with Gasteiger partial charge in [0.2, 0.25) is 0 Å². The molecule has 5 nitrogen and oxygen atoms in total. The van der Waals surface area contributed by atoms with Gasteiger partial charge in [-0.3, -0.25) is 4.90 Å². The van der Waals surface area contributed by atoms with Crippen LogP contribution in [0.3, 0.4) is 0 Å². The lowest BCUT2D eigenvalue weighted by Crippen LogP contribution is -2.48. The van der Waals surface area contributed by atoms with Gasteiger partial charge in [0.15, 0.2) is 0 Å². The molecule has 23 heavy (non-hydrogen) atoms. The van der Waals surface area contributed by atoms with Crippen molar-refractivity contribution >= 4 is 12.0 Å². The first-order valence-electron chi connectivity index (χ1n) is 7.31. The van der Waals surface area contributed by atoms with Crippen LogP contribution in [0, 0.1) is 5.82 Å². The van der Waals surface area contributed by atoms with E-state index in [2.05, 4.69) is 11.9 Å². The average Bonchev–Trinajstić information content (AvgIpc) is 2.51. The number of benzene rings is 1. The molecular formula is C17H19FN2O3. The van der Waals surface area contributed by atoms with Crippen molar-refractivity contribution in [3.8, 4) is 0 Å². The molecule has 0 spiro atoms. The summed E-state index contributed by atoms with van der Waals surface area (Å²) in [5.41, 5.74) is 1.25. The number of carbonyl (C=O) groups is 2. The SMILES string of the molecule is C=CCN1C(=O)N[C@@H](c2cccc(F)c2)C(C(=O)OCC)=C1C. The lowest BCUT2D eigenvalue weighted by atomic mass is 9.95. The van der Waals surface area contributed by atoms with E-state index >= 15 is 0 Å². The van der Waals surface area contributed by atoms with Gasteiger partial charge in [0.05, 0.1) is 18.2 Å². The average molecular weight is 318 g/mol. The molecule has 1 aliphatic rings. The summed E-state index contributed by atoms with van der Waals surface area (Å²) in [5, 5.41) is 2.73. The smallest absolute Gasteiger partial charge is 0.338 e. The number of ether oxygens (including phenoxy) is 1. The second kappa shape index (κ2) is 7.09. The minimum Gasteiger partial charge on any atom is -0.463 e. The molecule has 1 atom stereocenters. The number of hydrogen-bond donors (Lipinski definition) is 1. The minimum atomic E-state index is -0.752. The molecular weight excluding hydrogens is 299 g/mol. The normalized spacial score (nSPS) is 17.8. The monoisotopic (exact) mass is 318 g/mol. The molecule has 1 aromatic carbocycles. The van der Waals surface area contributed by atoms with E-state index < -0.39 is 17.8 Å². The van der Waals surface area contributed by atoms with Crippen LogP contribution in [-0.4, -0.2) is 30.1 Å². The summed E-state index contributed by atoms with van der Waals surface area (Å²) in [6.07, 6.45) is 1.56. The van der Waals surface area contributed by atoms with E-state index in [1.54, 1.807) is 26.0 Å². The molecule has 1 aliphatic heterocycles. The first-order chi connectivity index (χ1) is 11.0. The molecule has 0 bridgehead atoms. The summed E-state index contributed by atoms with van der Waals surface area (Å²) in [6.45, 7) is 7.45.